The molecular weight excluding hydrogens is 491 g/mol. The number of H-pyrrole nitrogens is 1. The van der Waals surface area contributed by atoms with Crippen LogP contribution in [0.1, 0.15) is 37.0 Å². The van der Waals surface area contributed by atoms with Gasteiger partial charge in [-0.05, 0) is 36.6 Å². The number of nitrogens with one attached hydrogen (secondary N) is 2. The van der Waals surface area contributed by atoms with Gasteiger partial charge in [-0.2, -0.15) is 13.2 Å². The second-order valence-corrected chi connectivity index (χ2v) is 9.91. The average molecular weight is 514 g/mol. The van der Waals surface area contributed by atoms with Crippen LogP contribution in [0.5, 0.6) is 0 Å². The second-order valence-electron chi connectivity index (χ2n) is 8.97. The third-order valence-electron chi connectivity index (χ3n) is 6.57. The van der Waals surface area contributed by atoms with Gasteiger partial charge in [0.15, 0.2) is 5.16 Å². The Labute approximate surface area is 208 Å². The van der Waals surface area contributed by atoms with Crippen molar-refractivity contribution in [3.8, 4) is 11.3 Å². The zero-order chi connectivity index (χ0) is 25.7. The maximum absolute atomic E-state index is 13.7. The van der Waals surface area contributed by atoms with E-state index in [1.165, 1.54) is 16.5 Å². The van der Waals surface area contributed by atoms with E-state index in [4.69, 9.17) is 4.98 Å². The molecule has 0 saturated heterocycles. The van der Waals surface area contributed by atoms with Gasteiger partial charge in [0.1, 0.15) is 0 Å². The first-order valence-corrected chi connectivity index (χ1v) is 12.3. The van der Waals surface area contributed by atoms with Crippen LogP contribution in [0.25, 0.3) is 17.0 Å². The fourth-order valence-corrected chi connectivity index (χ4v) is 5.31. The number of aromatic nitrogens is 4. The number of carbonyl (C=O) groups excluding carboxylic acids is 1. The zero-order valence-electron chi connectivity index (χ0n) is 19.4. The van der Waals surface area contributed by atoms with Crippen LogP contribution < -0.4 is 10.9 Å². The number of hydrogen-bond acceptors (Lipinski definition) is 5. The van der Waals surface area contributed by atoms with Crippen LogP contribution in [0.4, 0.5) is 18.9 Å². The van der Waals surface area contributed by atoms with E-state index >= 15 is 0 Å². The maximum Gasteiger partial charge on any atom is 0.416 e. The highest BCUT2D eigenvalue weighted by atomic mass is 32.2. The van der Waals surface area contributed by atoms with Crippen molar-refractivity contribution in [2.24, 2.45) is 0 Å². The van der Waals surface area contributed by atoms with E-state index in [9.17, 15) is 22.8 Å². The molecule has 7 nitrogen and oxygen atoms in total. The maximum atomic E-state index is 13.7. The van der Waals surface area contributed by atoms with Gasteiger partial charge in [-0.25, -0.2) is 14.5 Å². The Hall–Kier alpha value is -3.60. The Kier molecular flexibility index (Phi) is 5.90. The molecule has 0 aliphatic heterocycles. The van der Waals surface area contributed by atoms with Crippen molar-refractivity contribution in [3.63, 3.8) is 0 Å². The lowest BCUT2D eigenvalue weighted by molar-refractivity contribution is -0.137. The van der Waals surface area contributed by atoms with Crippen molar-refractivity contribution >= 4 is 29.1 Å². The minimum atomic E-state index is -4.51. The van der Waals surface area contributed by atoms with Crippen LogP contribution in [-0.2, 0) is 22.8 Å². The number of anilines is 1. The number of carbonyl (C=O) groups is 1. The first kappa shape index (κ1) is 24.1. The van der Waals surface area contributed by atoms with E-state index < -0.39 is 23.1 Å². The molecule has 0 fully saturated rings. The minimum absolute atomic E-state index is 0.0348. The summed E-state index contributed by atoms with van der Waals surface area (Å²) in [4.78, 5) is 30.9. The summed E-state index contributed by atoms with van der Waals surface area (Å²) >= 11 is 0.998. The molecule has 2 heterocycles. The number of amides is 1. The first-order chi connectivity index (χ1) is 17.1. The summed E-state index contributed by atoms with van der Waals surface area (Å²) < 4.78 is 40.2. The van der Waals surface area contributed by atoms with E-state index in [1.807, 2.05) is 38.1 Å². The highest BCUT2D eigenvalue weighted by molar-refractivity contribution is 7.99. The number of nitrogens with zero attached hydrogens (tertiary/aromatic N) is 3. The van der Waals surface area contributed by atoms with Crippen LogP contribution in [0.3, 0.4) is 0 Å². The number of thioether (sulfide) groups is 1. The molecular formula is C25H22F3N5O2S. The van der Waals surface area contributed by atoms with Gasteiger partial charge in [-0.15, -0.1) is 5.10 Å². The van der Waals surface area contributed by atoms with Crippen molar-refractivity contribution < 1.29 is 18.0 Å². The van der Waals surface area contributed by atoms with Gasteiger partial charge in [0.2, 0.25) is 11.7 Å². The first-order valence-electron chi connectivity index (χ1n) is 11.3. The molecule has 2 aromatic heterocycles. The Morgan fingerprint density at radius 3 is 2.75 bits per heavy atom. The molecule has 5 rings (SSSR count). The standard InChI is InChI=1S/C25H22F3N5O2S/c1-3-24(2)12-14-7-4-5-10-17(14)20-19(24)21(35)33-22(30-20)31-32-23(33)36-13-18(34)29-16-9-6-8-15(11-16)25(26,27)28/h4-11H,3,12-13H2,1-2H3,(H,29,34)(H,30,31)/t24-/m1/s1. The predicted octanol–water partition coefficient (Wildman–Crippen LogP) is 5.06. The highest BCUT2D eigenvalue weighted by Crippen LogP contribution is 2.42. The lowest BCUT2D eigenvalue weighted by Crippen LogP contribution is -2.37. The molecule has 36 heavy (non-hydrogen) atoms. The molecule has 1 atom stereocenters. The Balaban J connectivity index is 1.44. The number of hydrogen-bond donors (Lipinski definition) is 2. The van der Waals surface area contributed by atoms with Gasteiger partial charge < -0.3 is 5.32 Å². The summed E-state index contributed by atoms with van der Waals surface area (Å²) in [5.74, 6) is -0.426. The smallest absolute Gasteiger partial charge is 0.325 e. The number of alkyl halides is 3. The molecule has 4 aromatic rings. The van der Waals surface area contributed by atoms with Gasteiger partial charge in [-0.3, -0.25) is 9.59 Å². The summed E-state index contributed by atoms with van der Waals surface area (Å²) in [5, 5.41) is 9.68. The molecule has 0 bridgehead atoms. The average Bonchev–Trinajstić information content (AvgIpc) is 3.26. The summed E-state index contributed by atoms with van der Waals surface area (Å²) in [6, 6.07) is 12.3. The van der Waals surface area contributed by atoms with Gasteiger partial charge in [0, 0.05) is 16.7 Å². The van der Waals surface area contributed by atoms with Crippen LogP contribution >= 0.6 is 11.8 Å². The molecule has 0 unspecified atom stereocenters. The molecule has 2 N–H and O–H groups in total. The molecule has 11 heteroatoms. The molecule has 0 spiro atoms. The van der Waals surface area contributed by atoms with Crippen LogP contribution in [0.15, 0.2) is 58.5 Å². The third-order valence-corrected chi connectivity index (χ3v) is 7.51. The Morgan fingerprint density at radius 1 is 1.22 bits per heavy atom. The number of fused-ring (bicyclic) bond motifs is 4. The molecule has 0 saturated carbocycles. The normalized spacial score (nSPS) is 17.0. The fourth-order valence-electron chi connectivity index (χ4n) is 4.57. The largest absolute Gasteiger partial charge is 0.416 e. The van der Waals surface area contributed by atoms with E-state index in [2.05, 4.69) is 15.5 Å². The monoisotopic (exact) mass is 513 g/mol. The number of halogens is 3. The van der Waals surface area contributed by atoms with Crippen LogP contribution in [-0.4, -0.2) is 31.2 Å². The molecule has 2 aromatic carbocycles. The Bertz CT molecular complexity index is 1540. The predicted molar refractivity (Wildman–Crippen MR) is 131 cm³/mol. The fraction of sp³-hybridized carbons (Fsp3) is 0.280. The molecule has 186 valence electrons. The van der Waals surface area contributed by atoms with Crippen LogP contribution in [0.2, 0.25) is 0 Å². The molecule has 1 amide bonds. The summed E-state index contributed by atoms with van der Waals surface area (Å²) in [7, 11) is 0. The lowest BCUT2D eigenvalue weighted by atomic mass is 9.69. The highest BCUT2D eigenvalue weighted by Gasteiger charge is 2.38. The number of benzene rings is 2. The van der Waals surface area contributed by atoms with E-state index in [0.29, 0.717) is 17.7 Å². The van der Waals surface area contributed by atoms with Crippen molar-refractivity contribution in [1.82, 2.24) is 19.6 Å². The second kappa shape index (κ2) is 8.81. The van der Waals surface area contributed by atoms with Crippen molar-refractivity contribution in [3.05, 3.63) is 75.6 Å². The van der Waals surface area contributed by atoms with Gasteiger partial charge in [0.25, 0.3) is 5.56 Å². The summed E-state index contributed by atoms with van der Waals surface area (Å²) in [5.41, 5.74) is 1.81. The SMILES string of the molecule is CC[C@]1(C)Cc2ccccc2-c2nc3[nH]nc(SCC(=O)Nc4cccc(C(F)(F)F)c4)n3c(=O)c21. The van der Waals surface area contributed by atoms with Crippen molar-refractivity contribution in [1.29, 1.82) is 0 Å². The molecule has 1 aliphatic rings. The van der Waals surface area contributed by atoms with E-state index in [1.54, 1.807) is 0 Å². The number of rotatable bonds is 5. The van der Waals surface area contributed by atoms with Gasteiger partial charge >= 0.3 is 6.18 Å². The summed E-state index contributed by atoms with van der Waals surface area (Å²) in [6.45, 7) is 4.09. The third kappa shape index (κ3) is 4.17. The topological polar surface area (TPSA) is 92.2 Å². The Morgan fingerprint density at radius 2 is 2.00 bits per heavy atom. The molecule has 0 radical (unpaired) electrons. The quantitative estimate of drug-likeness (QED) is 0.364. The lowest BCUT2D eigenvalue weighted by Gasteiger charge is -2.34. The van der Waals surface area contributed by atoms with Crippen LogP contribution in [0, 0.1) is 0 Å². The zero-order valence-corrected chi connectivity index (χ0v) is 20.3. The summed E-state index contributed by atoms with van der Waals surface area (Å²) in [6.07, 6.45) is -3.07. The van der Waals surface area contributed by atoms with Gasteiger partial charge in [0.05, 0.1) is 22.6 Å². The number of aromatic amines is 1. The molecule has 1 aliphatic carbocycles. The van der Waals surface area contributed by atoms with Gasteiger partial charge in [-0.1, -0.05) is 55.9 Å². The van der Waals surface area contributed by atoms with E-state index in [-0.39, 0.29) is 27.9 Å². The minimum Gasteiger partial charge on any atom is -0.325 e. The van der Waals surface area contributed by atoms with Crippen molar-refractivity contribution in [2.75, 3.05) is 11.1 Å². The van der Waals surface area contributed by atoms with E-state index in [0.717, 1.165) is 41.4 Å². The van der Waals surface area contributed by atoms with Crippen molar-refractivity contribution in [2.45, 2.75) is 43.4 Å².